The summed E-state index contributed by atoms with van der Waals surface area (Å²) in [7, 11) is 1.59. The number of methoxy groups -OCH3 is 1. The first kappa shape index (κ1) is 18.9. The second-order valence-electron chi connectivity index (χ2n) is 7.89. The van der Waals surface area contributed by atoms with E-state index in [-0.39, 0.29) is 23.4 Å². The number of likely N-dealkylation sites (tertiary alicyclic amines) is 1. The van der Waals surface area contributed by atoms with Gasteiger partial charge in [-0.2, -0.15) is 0 Å². The van der Waals surface area contributed by atoms with Gasteiger partial charge in [-0.1, -0.05) is 18.2 Å². The maximum Gasteiger partial charge on any atom is 0.321 e. The van der Waals surface area contributed by atoms with Gasteiger partial charge >= 0.3 is 6.03 Å². The lowest BCUT2D eigenvalue weighted by Gasteiger charge is -2.43. The number of hydrogen-bond acceptors (Lipinski definition) is 4. The molecule has 2 aromatic heterocycles. The molecule has 2 aliphatic rings. The van der Waals surface area contributed by atoms with Crippen molar-refractivity contribution in [3.63, 3.8) is 0 Å². The maximum atomic E-state index is 13.1. The summed E-state index contributed by atoms with van der Waals surface area (Å²) in [6, 6.07) is 15.0. The molecule has 154 valence electrons. The molecule has 1 fully saturated rings. The third-order valence-corrected chi connectivity index (χ3v) is 6.92. The Hall–Kier alpha value is -3.06. The van der Waals surface area contributed by atoms with Crippen LogP contribution in [0.1, 0.15) is 18.0 Å². The van der Waals surface area contributed by atoms with Crippen LogP contribution >= 0.6 is 11.3 Å². The summed E-state index contributed by atoms with van der Waals surface area (Å²) in [6.07, 6.45) is 1.00. The Morgan fingerprint density at radius 3 is 2.77 bits per heavy atom. The lowest BCUT2D eigenvalue weighted by Crippen LogP contribution is -2.50. The molecule has 4 heterocycles. The van der Waals surface area contributed by atoms with E-state index in [2.05, 4.69) is 16.8 Å². The number of urea groups is 1. The Bertz CT molecular complexity index is 1140. The van der Waals surface area contributed by atoms with Gasteiger partial charge in [0.1, 0.15) is 5.75 Å². The zero-order valence-electron chi connectivity index (χ0n) is 16.7. The number of rotatable bonds is 3. The predicted molar refractivity (Wildman–Crippen MR) is 118 cm³/mol. The zero-order chi connectivity index (χ0) is 20.7. The number of benzene rings is 1. The number of aromatic nitrogens is 1. The highest BCUT2D eigenvalue weighted by Gasteiger charge is 2.38. The van der Waals surface area contributed by atoms with E-state index < -0.39 is 0 Å². The van der Waals surface area contributed by atoms with Crippen LogP contribution < -0.4 is 15.6 Å². The smallest absolute Gasteiger partial charge is 0.321 e. The van der Waals surface area contributed by atoms with E-state index in [4.69, 9.17) is 4.74 Å². The molecule has 2 bridgehead atoms. The van der Waals surface area contributed by atoms with Crippen LogP contribution in [0, 0.1) is 5.92 Å². The van der Waals surface area contributed by atoms with Crippen molar-refractivity contribution in [2.45, 2.75) is 18.9 Å². The molecule has 1 aromatic carbocycles. The number of nitrogens with one attached hydrogen (secondary N) is 1. The van der Waals surface area contributed by atoms with Gasteiger partial charge in [0.25, 0.3) is 5.56 Å². The van der Waals surface area contributed by atoms with Crippen LogP contribution in [0.25, 0.3) is 10.4 Å². The Kier molecular flexibility index (Phi) is 4.83. The van der Waals surface area contributed by atoms with Crippen LogP contribution in [0.4, 0.5) is 10.5 Å². The molecular formula is C23H23N3O3S. The van der Waals surface area contributed by atoms with Crippen molar-refractivity contribution in [1.82, 2.24) is 9.47 Å². The van der Waals surface area contributed by atoms with Crippen LogP contribution in [-0.4, -0.2) is 35.7 Å². The van der Waals surface area contributed by atoms with Crippen molar-refractivity contribution in [2.75, 3.05) is 25.5 Å². The first-order chi connectivity index (χ1) is 14.6. The molecule has 0 aliphatic carbocycles. The standard InChI is InChI=1S/C23H23N3O3S/c1-29-19-6-3-2-5-18(19)24-23(28)25-12-15-11-16(14-25)22-17(20-7-4-10-30-20)8-9-21(27)26(22)13-15/h2-10,15-16H,11-14H2,1H3,(H,24,28)/t15-,16+/m0/s1. The van der Waals surface area contributed by atoms with E-state index in [1.807, 2.05) is 45.9 Å². The van der Waals surface area contributed by atoms with E-state index in [0.717, 1.165) is 22.6 Å². The van der Waals surface area contributed by atoms with Crippen LogP contribution in [0.2, 0.25) is 0 Å². The summed E-state index contributed by atoms with van der Waals surface area (Å²) in [4.78, 5) is 28.7. The fourth-order valence-electron chi connectivity index (χ4n) is 4.76. The number of pyridine rings is 1. The maximum absolute atomic E-state index is 13.1. The molecule has 0 spiro atoms. The minimum Gasteiger partial charge on any atom is -0.495 e. The van der Waals surface area contributed by atoms with Gasteiger partial charge in [-0.3, -0.25) is 4.79 Å². The quantitative estimate of drug-likeness (QED) is 0.688. The molecule has 7 heteroatoms. The summed E-state index contributed by atoms with van der Waals surface area (Å²) in [5.41, 5.74) is 2.89. The van der Waals surface area contributed by atoms with E-state index in [1.54, 1.807) is 24.5 Å². The number of fused-ring (bicyclic) bond motifs is 4. The number of para-hydroxylation sites is 2. The molecule has 5 rings (SSSR count). The van der Waals surface area contributed by atoms with Crippen molar-refractivity contribution in [1.29, 1.82) is 0 Å². The molecule has 1 saturated heterocycles. The third kappa shape index (κ3) is 3.29. The number of hydrogen-bond donors (Lipinski definition) is 1. The van der Waals surface area contributed by atoms with Crippen molar-refractivity contribution >= 4 is 23.1 Å². The third-order valence-electron chi connectivity index (χ3n) is 6.01. The number of piperidine rings is 1. The summed E-state index contributed by atoms with van der Waals surface area (Å²) >= 11 is 1.68. The number of ether oxygens (including phenoxy) is 1. The molecule has 3 aromatic rings. The van der Waals surface area contributed by atoms with Gasteiger partial charge in [0.05, 0.1) is 12.8 Å². The SMILES string of the molecule is COc1ccccc1NC(=O)N1C[C@@H]2C[C@H](C1)c1c(-c3cccs3)ccc(=O)n1C2. The average Bonchev–Trinajstić information content (AvgIpc) is 3.29. The number of anilines is 1. The lowest BCUT2D eigenvalue weighted by atomic mass is 9.81. The van der Waals surface area contributed by atoms with Gasteiger partial charge < -0.3 is 19.5 Å². The summed E-state index contributed by atoms with van der Waals surface area (Å²) in [6.45, 7) is 1.90. The molecule has 6 nitrogen and oxygen atoms in total. The minimum atomic E-state index is -0.126. The first-order valence-corrected chi connectivity index (χ1v) is 11.0. The number of carbonyl (C=O) groups excluding carboxylic acids is 1. The van der Waals surface area contributed by atoms with E-state index in [0.29, 0.717) is 31.1 Å². The molecule has 0 radical (unpaired) electrons. The Morgan fingerprint density at radius 1 is 1.10 bits per heavy atom. The fourth-order valence-corrected chi connectivity index (χ4v) is 5.52. The Morgan fingerprint density at radius 2 is 1.97 bits per heavy atom. The van der Waals surface area contributed by atoms with Crippen LogP contribution in [-0.2, 0) is 6.54 Å². The second kappa shape index (κ2) is 7.65. The predicted octanol–water partition coefficient (Wildman–Crippen LogP) is 4.24. The average molecular weight is 422 g/mol. The normalized spacial score (nSPS) is 19.8. The highest BCUT2D eigenvalue weighted by atomic mass is 32.1. The summed E-state index contributed by atoms with van der Waals surface area (Å²) in [5, 5.41) is 5.05. The van der Waals surface area contributed by atoms with Gasteiger partial charge in [-0.05, 0) is 42.0 Å². The second-order valence-corrected chi connectivity index (χ2v) is 8.84. The number of carbonyl (C=O) groups is 1. The van der Waals surface area contributed by atoms with Gasteiger partial charge in [-0.15, -0.1) is 11.3 Å². The molecule has 0 saturated carbocycles. The number of amides is 2. The Balaban J connectivity index is 1.45. The number of thiophene rings is 1. The van der Waals surface area contributed by atoms with Crippen molar-refractivity contribution in [3.8, 4) is 16.2 Å². The Labute approximate surface area is 178 Å². The fraction of sp³-hybridized carbons (Fsp3) is 0.304. The molecule has 0 unspecified atom stereocenters. The van der Waals surface area contributed by atoms with E-state index in [9.17, 15) is 9.59 Å². The molecule has 2 aliphatic heterocycles. The van der Waals surface area contributed by atoms with Gasteiger partial charge in [0.15, 0.2) is 0 Å². The van der Waals surface area contributed by atoms with Gasteiger partial charge in [0, 0.05) is 47.8 Å². The van der Waals surface area contributed by atoms with Crippen LogP contribution in [0.15, 0.2) is 58.7 Å². The van der Waals surface area contributed by atoms with Crippen molar-refractivity contribution in [3.05, 3.63) is 70.0 Å². The highest BCUT2D eigenvalue weighted by Crippen LogP contribution is 2.41. The van der Waals surface area contributed by atoms with Crippen molar-refractivity contribution < 1.29 is 9.53 Å². The molecular weight excluding hydrogens is 398 g/mol. The van der Waals surface area contributed by atoms with Crippen LogP contribution in [0.5, 0.6) is 5.75 Å². The van der Waals surface area contributed by atoms with E-state index >= 15 is 0 Å². The van der Waals surface area contributed by atoms with Crippen LogP contribution in [0.3, 0.4) is 0 Å². The summed E-state index contributed by atoms with van der Waals surface area (Å²) in [5.74, 6) is 1.06. The van der Waals surface area contributed by atoms with Crippen molar-refractivity contribution in [2.24, 2.45) is 5.92 Å². The summed E-state index contributed by atoms with van der Waals surface area (Å²) < 4.78 is 7.29. The topological polar surface area (TPSA) is 63.6 Å². The monoisotopic (exact) mass is 421 g/mol. The molecule has 1 N–H and O–H groups in total. The lowest BCUT2D eigenvalue weighted by molar-refractivity contribution is 0.140. The van der Waals surface area contributed by atoms with E-state index in [1.165, 1.54) is 0 Å². The highest BCUT2D eigenvalue weighted by molar-refractivity contribution is 7.13. The minimum absolute atomic E-state index is 0.0481. The van der Waals surface area contributed by atoms with Gasteiger partial charge in [0.2, 0.25) is 0 Å². The first-order valence-electron chi connectivity index (χ1n) is 10.1. The molecule has 2 atom stereocenters. The largest absolute Gasteiger partial charge is 0.495 e. The number of nitrogens with zero attached hydrogens (tertiary/aromatic N) is 2. The molecule has 2 amide bonds. The molecule has 30 heavy (non-hydrogen) atoms. The van der Waals surface area contributed by atoms with Gasteiger partial charge in [-0.25, -0.2) is 4.79 Å². The zero-order valence-corrected chi connectivity index (χ0v) is 17.5.